The van der Waals surface area contributed by atoms with Crippen molar-refractivity contribution in [1.82, 2.24) is 5.43 Å². The number of hydrogen-bond acceptors (Lipinski definition) is 5. The molecule has 3 aromatic rings. The van der Waals surface area contributed by atoms with Gasteiger partial charge in [-0.25, -0.2) is 10.2 Å². The van der Waals surface area contributed by atoms with E-state index in [1.165, 1.54) is 13.3 Å². The Morgan fingerprint density at radius 2 is 1.72 bits per heavy atom. The van der Waals surface area contributed by atoms with Crippen LogP contribution in [0.5, 0.6) is 11.5 Å². The largest absolute Gasteiger partial charge is 0.493 e. The normalized spacial score (nSPS) is 10.8. The Hall–Kier alpha value is -3.16. The van der Waals surface area contributed by atoms with E-state index in [0.717, 1.165) is 11.1 Å². The van der Waals surface area contributed by atoms with E-state index >= 15 is 0 Å². The molecule has 0 heterocycles. The van der Waals surface area contributed by atoms with Crippen LogP contribution in [0, 0.1) is 13.8 Å². The lowest BCUT2D eigenvalue weighted by molar-refractivity contribution is 0.0728. The molecule has 1 N–H and O–H groups in total. The standard InChI is InChI=1S/C24H20BrClN2O4/c1-14-4-7-17(8-5-14)24(30)32-22-19(25)11-16(12-21(22)31-3)13-27-28-23(29)18-9-6-15(2)10-20(18)26/h4-13H,1-3H3,(H,28,29)/b27-13-. The van der Waals surface area contributed by atoms with E-state index in [9.17, 15) is 9.59 Å². The topological polar surface area (TPSA) is 77.0 Å². The second kappa shape index (κ2) is 10.4. The molecule has 0 bridgehead atoms. The van der Waals surface area contributed by atoms with E-state index in [4.69, 9.17) is 21.1 Å². The summed E-state index contributed by atoms with van der Waals surface area (Å²) in [4.78, 5) is 24.8. The first-order valence-electron chi connectivity index (χ1n) is 9.54. The lowest BCUT2D eigenvalue weighted by atomic mass is 10.1. The van der Waals surface area contributed by atoms with Crippen molar-refractivity contribution < 1.29 is 19.1 Å². The first-order chi connectivity index (χ1) is 15.3. The molecule has 8 heteroatoms. The Balaban J connectivity index is 1.74. The average molecular weight is 516 g/mol. The van der Waals surface area contributed by atoms with Crippen LogP contribution in [0.1, 0.15) is 37.4 Å². The van der Waals surface area contributed by atoms with Gasteiger partial charge in [0, 0.05) is 0 Å². The number of aryl methyl sites for hydroxylation is 2. The Labute approximate surface area is 199 Å². The maximum absolute atomic E-state index is 12.5. The predicted molar refractivity (Wildman–Crippen MR) is 128 cm³/mol. The molecule has 0 saturated carbocycles. The molecule has 0 spiro atoms. The number of esters is 1. The molecule has 0 aliphatic rings. The highest BCUT2D eigenvalue weighted by molar-refractivity contribution is 9.10. The molecule has 0 aromatic heterocycles. The summed E-state index contributed by atoms with van der Waals surface area (Å²) in [6.45, 7) is 3.82. The highest BCUT2D eigenvalue weighted by Crippen LogP contribution is 2.36. The van der Waals surface area contributed by atoms with Crippen LogP contribution >= 0.6 is 27.5 Å². The molecule has 3 rings (SSSR count). The van der Waals surface area contributed by atoms with E-state index < -0.39 is 11.9 Å². The Kier molecular flexibility index (Phi) is 7.66. The number of halogens is 2. The summed E-state index contributed by atoms with van der Waals surface area (Å²) in [5.74, 6) is -0.367. The van der Waals surface area contributed by atoms with Crippen LogP contribution in [0.3, 0.4) is 0 Å². The lowest BCUT2D eigenvalue weighted by Gasteiger charge is -2.12. The van der Waals surface area contributed by atoms with E-state index in [1.807, 2.05) is 26.0 Å². The number of benzene rings is 3. The van der Waals surface area contributed by atoms with Crippen molar-refractivity contribution in [3.63, 3.8) is 0 Å². The van der Waals surface area contributed by atoms with Crippen molar-refractivity contribution in [2.24, 2.45) is 5.10 Å². The van der Waals surface area contributed by atoms with Gasteiger partial charge in [0.1, 0.15) is 0 Å². The summed E-state index contributed by atoms with van der Waals surface area (Å²) < 4.78 is 11.4. The second-order valence-electron chi connectivity index (χ2n) is 6.97. The molecule has 0 unspecified atom stereocenters. The molecule has 32 heavy (non-hydrogen) atoms. The lowest BCUT2D eigenvalue weighted by Crippen LogP contribution is -2.18. The van der Waals surface area contributed by atoms with Crippen LogP contribution in [0.25, 0.3) is 0 Å². The number of hydrazone groups is 1. The minimum absolute atomic E-state index is 0.241. The van der Waals surface area contributed by atoms with Gasteiger partial charge in [0.2, 0.25) is 0 Å². The van der Waals surface area contributed by atoms with Crippen LogP contribution in [-0.4, -0.2) is 25.2 Å². The minimum atomic E-state index is -0.507. The first kappa shape index (κ1) is 23.5. The molecule has 0 aliphatic carbocycles. The van der Waals surface area contributed by atoms with Crippen LogP contribution in [0.4, 0.5) is 0 Å². The summed E-state index contributed by atoms with van der Waals surface area (Å²) >= 11 is 9.52. The van der Waals surface area contributed by atoms with E-state index in [-0.39, 0.29) is 5.75 Å². The van der Waals surface area contributed by atoms with Crippen LogP contribution in [-0.2, 0) is 0 Å². The van der Waals surface area contributed by atoms with Crippen LogP contribution in [0.15, 0.2) is 64.2 Å². The summed E-state index contributed by atoms with van der Waals surface area (Å²) in [6, 6.07) is 15.5. The summed E-state index contributed by atoms with van der Waals surface area (Å²) in [5, 5.41) is 4.33. The number of rotatable bonds is 6. The third-order valence-corrected chi connectivity index (χ3v) is 5.38. The monoisotopic (exact) mass is 514 g/mol. The highest BCUT2D eigenvalue weighted by atomic mass is 79.9. The van der Waals surface area contributed by atoms with Crippen molar-refractivity contribution in [2.45, 2.75) is 13.8 Å². The molecular weight excluding hydrogens is 496 g/mol. The predicted octanol–water partition coefficient (Wildman–Crippen LogP) is 5.71. The van der Waals surface area contributed by atoms with Gasteiger partial charge in [-0.15, -0.1) is 0 Å². The van der Waals surface area contributed by atoms with Crippen molar-refractivity contribution >= 4 is 45.6 Å². The summed E-state index contributed by atoms with van der Waals surface area (Å²) in [5.41, 5.74) is 5.80. The molecule has 164 valence electrons. The molecule has 0 saturated heterocycles. The number of ether oxygens (including phenoxy) is 2. The fourth-order valence-electron chi connectivity index (χ4n) is 2.78. The van der Waals surface area contributed by atoms with Crippen molar-refractivity contribution in [3.05, 3.63) is 91.9 Å². The second-order valence-corrected chi connectivity index (χ2v) is 8.23. The smallest absolute Gasteiger partial charge is 0.343 e. The third kappa shape index (κ3) is 5.75. The summed E-state index contributed by atoms with van der Waals surface area (Å²) in [7, 11) is 1.47. The molecule has 0 fully saturated rings. The fraction of sp³-hybridized carbons (Fsp3) is 0.125. The van der Waals surface area contributed by atoms with Gasteiger partial charge in [-0.05, 0) is 77.3 Å². The molecule has 1 amide bonds. The Morgan fingerprint density at radius 3 is 2.38 bits per heavy atom. The third-order valence-electron chi connectivity index (χ3n) is 4.48. The van der Waals surface area contributed by atoms with Gasteiger partial charge in [0.25, 0.3) is 5.91 Å². The zero-order valence-corrected chi connectivity index (χ0v) is 20.0. The zero-order valence-electron chi connectivity index (χ0n) is 17.6. The summed E-state index contributed by atoms with van der Waals surface area (Å²) in [6.07, 6.45) is 1.44. The fourth-order valence-corrected chi connectivity index (χ4v) is 3.65. The molecule has 0 aliphatic heterocycles. The number of methoxy groups -OCH3 is 1. The quantitative estimate of drug-likeness (QED) is 0.197. The Bertz CT molecular complexity index is 1190. The van der Waals surface area contributed by atoms with Gasteiger partial charge in [0.05, 0.1) is 33.9 Å². The molecule has 0 atom stereocenters. The highest BCUT2D eigenvalue weighted by Gasteiger charge is 2.17. The van der Waals surface area contributed by atoms with Gasteiger partial charge < -0.3 is 9.47 Å². The first-order valence-corrected chi connectivity index (χ1v) is 10.7. The molecule has 3 aromatic carbocycles. The van der Waals surface area contributed by atoms with Crippen molar-refractivity contribution in [2.75, 3.05) is 7.11 Å². The number of carbonyl (C=O) groups is 2. The van der Waals surface area contributed by atoms with Gasteiger partial charge >= 0.3 is 5.97 Å². The molecule has 6 nitrogen and oxygen atoms in total. The van der Waals surface area contributed by atoms with E-state index in [0.29, 0.717) is 31.9 Å². The van der Waals surface area contributed by atoms with Crippen LogP contribution in [0.2, 0.25) is 5.02 Å². The number of nitrogens with zero attached hydrogens (tertiary/aromatic N) is 1. The number of hydrogen-bond donors (Lipinski definition) is 1. The van der Waals surface area contributed by atoms with E-state index in [2.05, 4.69) is 26.5 Å². The number of nitrogens with one attached hydrogen (secondary N) is 1. The van der Waals surface area contributed by atoms with Gasteiger partial charge in [-0.3, -0.25) is 4.79 Å². The Morgan fingerprint density at radius 1 is 1.03 bits per heavy atom. The van der Waals surface area contributed by atoms with Crippen molar-refractivity contribution in [3.8, 4) is 11.5 Å². The molecular formula is C24H20BrClN2O4. The van der Waals surface area contributed by atoms with Gasteiger partial charge in [-0.1, -0.05) is 35.4 Å². The maximum Gasteiger partial charge on any atom is 0.343 e. The van der Waals surface area contributed by atoms with Gasteiger partial charge in [0.15, 0.2) is 11.5 Å². The van der Waals surface area contributed by atoms with E-state index in [1.54, 1.807) is 42.5 Å². The zero-order chi connectivity index (χ0) is 23.3. The van der Waals surface area contributed by atoms with Gasteiger partial charge in [-0.2, -0.15) is 5.10 Å². The number of amides is 1. The molecule has 0 radical (unpaired) electrons. The SMILES string of the molecule is COc1cc(/C=N\NC(=O)c2ccc(C)cc2Cl)cc(Br)c1OC(=O)c1ccc(C)cc1. The number of carbonyl (C=O) groups excluding carboxylic acids is 2. The average Bonchev–Trinajstić information content (AvgIpc) is 2.75. The minimum Gasteiger partial charge on any atom is -0.493 e. The maximum atomic E-state index is 12.5. The van der Waals surface area contributed by atoms with Crippen LogP contribution < -0.4 is 14.9 Å². The van der Waals surface area contributed by atoms with Crippen molar-refractivity contribution in [1.29, 1.82) is 0 Å².